The zero-order valence-electron chi connectivity index (χ0n) is 12.4. The van der Waals surface area contributed by atoms with E-state index in [1.807, 2.05) is 0 Å². The maximum absolute atomic E-state index is 11.9. The van der Waals surface area contributed by atoms with Crippen LogP contribution in [0.5, 0.6) is 0 Å². The molecular weight excluding hydrogens is 284 g/mol. The molecule has 1 saturated heterocycles. The molecule has 1 N–H and O–H groups in total. The van der Waals surface area contributed by atoms with Crippen molar-refractivity contribution >= 4 is 23.5 Å². The van der Waals surface area contributed by atoms with Gasteiger partial charge >= 0.3 is 5.97 Å². The quantitative estimate of drug-likeness (QED) is 0.656. The summed E-state index contributed by atoms with van der Waals surface area (Å²) in [4.78, 5) is 36.1. The zero-order valence-corrected chi connectivity index (χ0v) is 12.4. The van der Waals surface area contributed by atoms with E-state index in [9.17, 15) is 14.4 Å². The third-order valence-electron chi connectivity index (χ3n) is 3.35. The van der Waals surface area contributed by atoms with E-state index >= 15 is 0 Å². The summed E-state index contributed by atoms with van der Waals surface area (Å²) in [5.41, 5.74) is 1.31. The van der Waals surface area contributed by atoms with Crippen molar-refractivity contribution in [3.63, 3.8) is 0 Å². The van der Waals surface area contributed by atoms with Gasteiger partial charge in [-0.05, 0) is 30.7 Å². The van der Waals surface area contributed by atoms with Gasteiger partial charge in [-0.25, -0.2) is 4.79 Å². The lowest BCUT2D eigenvalue weighted by Crippen LogP contribution is -2.25. The average molecular weight is 302 g/mol. The lowest BCUT2D eigenvalue weighted by molar-refractivity contribution is -0.134. The number of amides is 2. The van der Waals surface area contributed by atoms with Gasteiger partial charge in [0, 0.05) is 36.8 Å². The molecule has 0 atom stereocenters. The first-order chi connectivity index (χ1) is 10.6. The molecule has 0 saturated carbocycles. The van der Waals surface area contributed by atoms with E-state index < -0.39 is 5.97 Å². The van der Waals surface area contributed by atoms with Crippen LogP contribution in [0.3, 0.4) is 0 Å². The topological polar surface area (TPSA) is 75.7 Å². The van der Waals surface area contributed by atoms with Crippen LogP contribution < -0.4 is 10.2 Å². The van der Waals surface area contributed by atoms with Crippen molar-refractivity contribution in [3.05, 3.63) is 42.0 Å². The molecule has 1 aromatic rings. The Balaban J connectivity index is 1.90. The summed E-state index contributed by atoms with van der Waals surface area (Å²) in [5, 5.41) is 2.66. The summed E-state index contributed by atoms with van der Waals surface area (Å²) in [5.74, 6) is -0.590. The summed E-state index contributed by atoms with van der Waals surface area (Å²) in [6, 6.07) is 6.89. The maximum atomic E-state index is 11.9. The molecule has 1 fully saturated rings. The number of nitrogens with zero attached hydrogens (tertiary/aromatic N) is 1. The molecule has 1 aliphatic heterocycles. The summed E-state index contributed by atoms with van der Waals surface area (Å²) in [6.45, 7) is 0.961. The number of carbonyl (C=O) groups is 3. The van der Waals surface area contributed by atoms with Gasteiger partial charge in [0.1, 0.15) is 0 Å². The van der Waals surface area contributed by atoms with Gasteiger partial charge in [0.15, 0.2) is 0 Å². The molecule has 1 heterocycles. The first-order valence-electron chi connectivity index (χ1n) is 7.05. The number of esters is 1. The highest BCUT2D eigenvalue weighted by Gasteiger charge is 2.21. The molecule has 1 aromatic carbocycles. The minimum Gasteiger partial charge on any atom is -0.466 e. The fourth-order valence-corrected chi connectivity index (χ4v) is 2.19. The Hall–Kier alpha value is -2.63. The van der Waals surface area contributed by atoms with Crippen LogP contribution in [0.15, 0.2) is 36.4 Å². The van der Waals surface area contributed by atoms with Crippen LogP contribution in [0.4, 0.5) is 5.69 Å². The second-order valence-electron chi connectivity index (χ2n) is 4.83. The molecule has 0 aromatic heterocycles. The van der Waals surface area contributed by atoms with Crippen LogP contribution in [0, 0.1) is 0 Å². The maximum Gasteiger partial charge on any atom is 0.330 e. The van der Waals surface area contributed by atoms with Crippen LogP contribution in [-0.2, 0) is 14.3 Å². The Labute approximate surface area is 128 Å². The molecule has 2 rings (SSSR count). The SMILES string of the molecule is COC(=O)/C=C/CNC(=O)c1ccc(N2CCCC2=O)cc1. The fraction of sp³-hybridized carbons (Fsp3) is 0.312. The van der Waals surface area contributed by atoms with Crippen molar-refractivity contribution in [3.8, 4) is 0 Å². The molecule has 0 radical (unpaired) electrons. The number of hydrogen-bond donors (Lipinski definition) is 1. The second-order valence-corrected chi connectivity index (χ2v) is 4.83. The molecule has 2 amide bonds. The molecule has 0 spiro atoms. The number of anilines is 1. The molecule has 6 heteroatoms. The largest absolute Gasteiger partial charge is 0.466 e. The highest BCUT2D eigenvalue weighted by molar-refractivity contribution is 5.97. The Kier molecular flexibility index (Phi) is 5.30. The number of benzene rings is 1. The van der Waals surface area contributed by atoms with E-state index in [0.717, 1.165) is 18.7 Å². The van der Waals surface area contributed by atoms with Crippen LogP contribution in [0.25, 0.3) is 0 Å². The molecule has 0 aliphatic carbocycles. The van der Waals surface area contributed by atoms with E-state index in [-0.39, 0.29) is 18.4 Å². The number of hydrogen-bond acceptors (Lipinski definition) is 4. The van der Waals surface area contributed by atoms with Crippen LogP contribution in [0.2, 0.25) is 0 Å². The summed E-state index contributed by atoms with van der Waals surface area (Å²) >= 11 is 0. The number of ether oxygens (including phenoxy) is 1. The van der Waals surface area contributed by atoms with Gasteiger partial charge in [-0.3, -0.25) is 9.59 Å². The predicted molar refractivity (Wildman–Crippen MR) is 81.5 cm³/mol. The second kappa shape index (κ2) is 7.40. The van der Waals surface area contributed by atoms with E-state index in [2.05, 4.69) is 10.1 Å². The summed E-state index contributed by atoms with van der Waals surface area (Å²) in [7, 11) is 1.29. The van der Waals surface area contributed by atoms with Gasteiger partial charge in [0.25, 0.3) is 5.91 Å². The Morgan fingerprint density at radius 1 is 1.32 bits per heavy atom. The molecule has 1 aliphatic rings. The van der Waals surface area contributed by atoms with Crippen LogP contribution in [-0.4, -0.2) is 38.0 Å². The minimum atomic E-state index is -0.464. The standard InChI is InChI=1S/C16H18N2O4/c1-22-15(20)5-2-10-17-16(21)12-6-8-13(9-7-12)18-11-3-4-14(18)19/h2,5-9H,3-4,10-11H2,1H3,(H,17,21)/b5-2+. The average Bonchev–Trinajstić information content (AvgIpc) is 2.97. The Morgan fingerprint density at radius 2 is 2.05 bits per heavy atom. The van der Waals surface area contributed by atoms with Crippen molar-refractivity contribution < 1.29 is 19.1 Å². The summed E-state index contributed by atoms with van der Waals surface area (Å²) in [6.07, 6.45) is 4.21. The lowest BCUT2D eigenvalue weighted by atomic mass is 10.2. The smallest absolute Gasteiger partial charge is 0.330 e. The lowest BCUT2D eigenvalue weighted by Gasteiger charge is -2.15. The van der Waals surface area contributed by atoms with Gasteiger partial charge in [0.2, 0.25) is 5.91 Å². The van der Waals surface area contributed by atoms with Crippen molar-refractivity contribution in [2.75, 3.05) is 25.1 Å². The first-order valence-corrected chi connectivity index (χ1v) is 7.05. The van der Waals surface area contributed by atoms with E-state index in [1.54, 1.807) is 29.2 Å². The number of methoxy groups -OCH3 is 1. The number of nitrogens with one attached hydrogen (secondary N) is 1. The van der Waals surface area contributed by atoms with E-state index in [1.165, 1.54) is 19.3 Å². The van der Waals surface area contributed by atoms with Gasteiger partial charge < -0.3 is 15.0 Å². The van der Waals surface area contributed by atoms with E-state index in [4.69, 9.17) is 0 Å². The number of rotatable bonds is 5. The Bertz CT molecular complexity index is 593. The normalized spacial score (nSPS) is 14.4. The molecular formula is C16H18N2O4. The highest BCUT2D eigenvalue weighted by Crippen LogP contribution is 2.21. The number of carbonyl (C=O) groups excluding carboxylic acids is 3. The third-order valence-corrected chi connectivity index (χ3v) is 3.35. The van der Waals surface area contributed by atoms with Crippen molar-refractivity contribution in [1.82, 2.24) is 5.32 Å². The molecule has 6 nitrogen and oxygen atoms in total. The van der Waals surface area contributed by atoms with Gasteiger partial charge in [0.05, 0.1) is 7.11 Å². The van der Waals surface area contributed by atoms with Crippen molar-refractivity contribution in [2.24, 2.45) is 0 Å². The first kappa shape index (κ1) is 15.8. The van der Waals surface area contributed by atoms with Crippen molar-refractivity contribution in [1.29, 1.82) is 0 Å². The fourth-order valence-electron chi connectivity index (χ4n) is 2.19. The molecule has 116 valence electrons. The van der Waals surface area contributed by atoms with Gasteiger partial charge in [-0.2, -0.15) is 0 Å². The molecule has 0 unspecified atom stereocenters. The molecule has 22 heavy (non-hydrogen) atoms. The highest BCUT2D eigenvalue weighted by atomic mass is 16.5. The van der Waals surface area contributed by atoms with E-state index in [0.29, 0.717) is 12.0 Å². The van der Waals surface area contributed by atoms with Gasteiger partial charge in [-0.15, -0.1) is 0 Å². The Morgan fingerprint density at radius 3 is 2.64 bits per heavy atom. The third kappa shape index (κ3) is 3.94. The summed E-state index contributed by atoms with van der Waals surface area (Å²) < 4.78 is 4.44. The molecule has 0 bridgehead atoms. The van der Waals surface area contributed by atoms with Crippen LogP contribution >= 0.6 is 0 Å². The van der Waals surface area contributed by atoms with Crippen LogP contribution in [0.1, 0.15) is 23.2 Å². The monoisotopic (exact) mass is 302 g/mol. The minimum absolute atomic E-state index is 0.116. The van der Waals surface area contributed by atoms with Gasteiger partial charge in [-0.1, -0.05) is 6.08 Å². The predicted octanol–water partition coefficient (Wildman–Crippen LogP) is 1.27. The van der Waals surface area contributed by atoms with Crippen molar-refractivity contribution in [2.45, 2.75) is 12.8 Å². The zero-order chi connectivity index (χ0) is 15.9.